The highest BCUT2D eigenvalue weighted by Gasteiger charge is 2.48. The van der Waals surface area contributed by atoms with Crippen LogP contribution in [0.5, 0.6) is 0 Å². The maximum absolute atomic E-state index is 2.44. The highest BCUT2D eigenvalue weighted by molar-refractivity contribution is 7.22. The molecule has 0 saturated carbocycles. The van der Waals surface area contributed by atoms with E-state index in [0.717, 1.165) is 17.1 Å². The van der Waals surface area contributed by atoms with Crippen LogP contribution in [-0.4, -0.2) is 0 Å². The third-order valence-electron chi connectivity index (χ3n) is 13.0. The molecule has 1 aliphatic rings. The molecule has 0 saturated heterocycles. The van der Waals surface area contributed by atoms with Crippen LogP contribution in [0.25, 0.3) is 64.7 Å². The van der Waals surface area contributed by atoms with Crippen molar-refractivity contribution < 1.29 is 0 Å². The normalized spacial score (nSPS) is 12.6. The van der Waals surface area contributed by atoms with E-state index in [0.29, 0.717) is 0 Å². The van der Waals surface area contributed by atoms with Gasteiger partial charge in [-0.1, -0.05) is 206 Å². The topological polar surface area (TPSA) is 3.24 Å². The molecule has 0 N–H and O–H groups in total. The van der Waals surface area contributed by atoms with Gasteiger partial charge >= 0.3 is 0 Å². The zero-order valence-corrected chi connectivity index (χ0v) is 35.3. The van der Waals surface area contributed by atoms with Crippen LogP contribution in [0, 0.1) is 0 Å². The third kappa shape index (κ3) is 6.14. The Hall–Kier alpha value is -7.78. The van der Waals surface area contributed by atoms with Gasteiger partial charge < -0.3 is 4.90 Å². The van der Waals surface area contributed by atoms with Crippen LogP contribution < -0.4 is 4.90 Å². The van der Waals surface area contributed by atoms with E-state index in [1.807, 2.05) is 11.3 Å². The molecule has 1 aliphatic carbocycles. The van der Waals surface area contributed by atoms with E-state index in [2.05, 4.69) is 254 Å². The van der Waals surface area contributed by atoms with Crippen LogP contribution in [0.4, 0.5) is 17.1 Å². The molecule has 0 aliphatic heterocycles. The largest absolute Gasteiger partial charge is 0.310 e. The van der Waals surface area contributed by atoms with Gasteiger partial charge in [-0.3, -0.25) is 0 Å². The van der Waals surface area contributed by atoms with Gasteiger partial charge in [-0.05, 0) is 114 Å². The van der Waals surface area contributed by atoms with E-state index >= 15 is 0 Å². The predicted molar refractivity (Wildman–Crippen MR) is 268 cm³/mol. The van der Waals surface area contributed by atoms with E-state index in [1.165, 1.54) is 86.9 Å². The van der Waals surface area contributed by atoms with Gasteiger partial charge in [-0.2, -0.15) is 0 Å². The van der Waals surface area contributed by atoms with E-state index in [4.69, 9.17) is 0 Å². The molecule has 11 aromatic rings. The van der Waals surface area contributed by atoms with Crippen molar-refractivity contribution in [1.29, 1.82) is 0 Å². The molecule has 0 unspecified atom stereocenters. The van der Waals surface area contributed by atoms with Crippen molar-refractivity contribution in [2.24, 2.45) is 0 Å². The number of nitrogens with zero attached hydrogens (tertiary/aromatic N) is 1. The molecular formula is C61H41NS. The standard InChI is InChI=1S/C61H41NS/c1-4-15-42(16-5-1)44-31-36-51(37-32-44)62(57-25-14-18-47-17-10-11-23-53(47)57)52-38-33-45(34-39-52)43-27-29-46(30-28-43)48-35-40-56-55(41-48)60-59(54-24-12-13-26-58(54)63-60)61(56,49-19-6-2-7-20-49)50-21-8-3-9-22-50/h1-41H. The van der Waals surface area contributed by atoms with Crippen molar-refractivity contribution in [3.05, 3.63) is 271 Å². The number of thiophene rings is 1. The summed E-state index contributed by atoms with van der Waals surface area (Å²) in [5.41, 5.74) is 16.8. The lowest BCUT2D eigenvalue weighted by molar-refractivity contribution is 0.777. The van der Waals surface area contributed by atoms with Crippen molar-refractivity contribution in [2.75, 3.05) is 4.90 Å². The smallest absolute Gasteiger partial charge is 0.0728 e. The average Bonchev–Trinajstić information content (AvgIpc) is 3.89. The number of rotatable bonds is 8. The minimum atomic E-state index is -0.420. The Balaban J connectivity index is 0.907. The lowest BCUT2D eigenvalue weighted by Gasteiger charge is -2.34. The summed E-state index contributed by atoms with van der Waals surface area (Å²) >= 11 is 1.92. The fourth-order valence-corrected chi connectivity index (χ4v) is 11.3. The van der Waals surface area contributed by atoms with Crippen LogP contribution in [0.2, 0.25) is 0 Å². The molecule has 0 fully saturated rings. The predicted octanol–water partition coefficient (Wildman–Crippen LogP) is 16.9. The quantitative estimate of drug-likeness (QED) is 0.148. The minimum absolute atomic E-state index is 0.420. The minimum Gasteiger partial charge on any atom is -0.310 e. The van der Waals surface area contributed by atoms with Gasteiger partial charge in [-0.15, -0.1) is 11.3 Å². The highest BCUT2D eigenvalue weighted by Crippen LogP contribution is 2.61. The first kappa shape index (κ1) is 37.0. The zero-order chi connectivity index (χ0) is 41.7. The molecule has 2 heteroatoms. The highest BCUT2D eigenvalue weighted by atomic mass is 32.1. The van der Waals surface area contributed by atoms with E-state index < -0.39 is 5.41 Å². The Morgan fingerprint density at radius 1 is 0.349 bits per heavy atom. The van der Waals surface area contributed by atoms with Crippen molar-refractivity contribution in [3.8, 4) is 43.8 Å². The van der Waals surface area contributed by atoms with Crippen LogP contribution >= 0.6 is 11.3 Å². The zero-order valence-electron chi connectivity index (χ0n) is 34.5. The molecule has 0 bridgehead atoms. The molecule has 0 atom stereocenters. The molecule has 12 rings (SSSR count). The first-order valence-corrected chi connectivity index (χ1v) is 22.5. The van der Waals surface area contributed by atoms with Crippen LogP contribution in [0.15, 0.2) is 249 Å². The number of hydrogen-bond donors (Lipinski definition) is 0. The van der Waals surface area contributed by atoms with E-state index in [9.17, 15) is 0 Å². The molecule has 10 aromatic carbocycles. The Kier molecular flexibility index (Phi) is 8.98. The fourth-order valence-electron chi connectivity index (χ4n) is 10.0. The van der Waals surface area contributed by atoms with Gasteiger partial charge in [0.2, 0.25) is 0 Å². The molecule has 0 spiro atoms. The Morgan fingerprint density at radius 2 is 0.810 bits per heavy atom. The molecule has 1 aromatic heterocycles. The maximum atomic E-state index is 2.44. The lowest BCUT2D eigenvalue weighted by atomic mass is 9.67. The van der Waals surface area contributed by atoms with Crippen molar-refractivity contribution in [1.82, 2.24) is 0 Å². The fraction of sp³-hybridized carbons (Fsp3) is 0.0164. The monoisotopic (exact) mass is 819 g/mol. The lowest BCUT2D eigenvalue weighted by Crippen LogP contribution is -2.28. The molecule has 0 radical (unpaired) electrons. The van der Waals surface area contributed by atoms with E-state index in [-0.39, 0.29) is 0 Å². The molecule has 0 amide bonds. The molecule has 63 heavy (non-hydrogen) atoms. The number of benzene rings is 10. The molecule has 296 valence electrons. The number of hydrogen-bond acceptors (Lipinski definition) is 2. The van der Waals surface area contributed by atoms with Crippen LogP contribution in [0.3, 0.4) is 0 Å². The Bertz CT molecular complexity index is 3360. The van der Waals surface area contributed by atoms with Gasteiger partial charge in [-0.25, -0.2) is 0 Å². The maximum Gasteiger partial charge on any atom is 0.0728 e. The van der Waals surface area contributed by atoms with Crippen LogP contribution in [-0.2, 0) is 5.41 Å². The summed E-state index contributed by atoms with van der Waals surface area (Å²) < 4.78 is 1.33. The van der Waals surface area contributed by atoms with Crippen LogP contribution in [0.1, 0.15) is 22.3 Å². The second-order valence-corrected chi connectivity index (χ2v) is 17.5. The summed E-state index contributed by atoms with van der Waals surface area (Å²) in [7, 11) is 0. The first-order valence-electron chi connectivity index (χ1n) is 21.7. The summed E-state index contributed by atoms with van der Waals surface area (Å²) in [4.78, 5) is 3.74. The average molecular weight is 820 g/mol. The van der Waals surface area contributed by atoms with Crippen molar-refractivity contribution >= 4 is 49.3 Å². The summed E-state index contributed by atoms with van der Waals surface area (Å²) in [5.74, 6) is 0. The van der Waals surface area contributed by atoms with Crippen molar-refractivity contribution in [2.45, 2.75) is 5.41 Å². The van der Waals surface area contributed by atoms with Gasteiger partial charge in [0.15, 0.2) is 0 Å². The van der Waals surface area contributed by atoms with Crippen molar-refractivity contribution in [3.63, 3.8) is 0 Å². The van der Waals surface area contributed by atoms with E-state index in [1.54, 1.807) is 0 Å². The second-order valence-electron chi connectivity index (χ2n) is 16.4. The van der Waals surface area contributed by atoms with Gasteiger partial charge in [0.25, 0.3) is 0 Å². The molecular weight excluding hydrogens is 779 g/mol. The SMILES string of the molecule is c1ccc(-c2ccc(N(c3ccc(-c4ccc(-c5ccc6c(c5)-c5sc7ccccc7c5C6(c5ccccc5)c5ccccc5)cc4)cc3)c3cccc4ccccc34)cc2)cc1. The molecule has 1 nitrogen and oxygen atoms in total. The van der Waals surface area contributed by atoms with Gasteiger partial charge in [0, 0.05) is 26.3 Å². The second kappa shape index (κ2) is 15.3. The Morgan fingerprint density at radius 3 is 1.43 bits per heavy atom. The number of anilines is 3. The first-order chi connectivity index (χ1) is 31.2. The number of fused-ring (bicyclic) bond motifs is 6. The molecule has 1 heterocycles. The summed E-state index contributed by atoms with van der Waals surface area (Å²) in [5, 5.41) is 3.77. The van der Waals surface area contributed by atoms with Gasteiger partial charge in [0.05, 0.1) is 11.1 Å². The summed E-state index contributed by atoms with van der Waals surface area (Å²) in [6.45, 7) is 0. The van der Waals surface area contributed by atoms with Gasteiger partial charge in [0.1, 0.15) is 0 Å². The summed E-state index contributed by atoms with van der Waals surface area (Å²) in [6, 6.07) is 91.2. The third-order valence-corrected chi connectivity index (χ3v) is 14.2. The Labute approximate surface area is 372 Å². The summed E-state index contributed by atoms with van der Waals surface area (Å²) in [6.07, 6.45) is 0.